The van der Waals surface area contributed by atoms with E-state index in [-0.39, 0.29) is 11.6 Å². The number of hydrogen-bond acceptors (Lipinski definition) is 8. The zero-order chi connectivity index (χ0) is 16.1. The second-order valence-electron chi connectivity index (χ2n) is 3.88. The molecule has 0 saturated carbocycles. The van der Waals surface area contributed by atoms with Crippen LogP contribution in [0.2, 0.25) is 0 Å². The number of nitrogens with zero attached hydrogens (tertiary/aromatic N) is 3. The van der Waals surface area contributed by atoms with Gasteiger partial charge in [-0.25, -0.2) is 15.8 Å². The predicted molar refractivity (Wildman–Crippen MR) is 81.7 cm³/mol. The zero-order valence-electron chi connectivity index (χ0n) is 10.9. The van der Waals surface area contributed by atoms with E-state index in [0.717, 1.165) is 6.33 Å². The van der Waals surface area contributed by atoms with Crippen molar-refractivity contribution in [2.75, 3.05) is 10.9 Å². The molecule has 0 unspecified atom stereocenters. The maximum atomic E-state index is 12.0. The molecule has 22 heavy (non-hydrogen) atoms. The number of nitrogens with one attached hydrogen (secondary N) is 3. The maximum Gasteiger partial charge on any atom is 0.356 e. The van der Waals surface area contributed by atoms with Gasteiger partial charge in [-0.3, -0.25) is 25.8 Å². The number of carbonyl (C=O) groups excluding carboxylic acids is 1. The Balaban J connectivity index is 2.20. The Labute approximate surface area is 132 Å². The van der Waals surface area contributed by atoms with Gasteiger partial charge in [0, 0.05) is 4.47 Å². The summed E-state index contributed by atoms with van der Waals surface area (Å²) < 4.78 is 0.579. The Morgan fingerprint density at radius 1 is 1.27 bits per heavy atom. The third-order valence-electron chi connectivity index (χ3n) is 2.55. The van der Waals surface area contributed by atoms with Crippen LogP contribution in [0, 0.1) is 10.1 Å². The second kappa shape index (κ2) is 6.78. The zero-order valence-corrected chi connectivity index (χ0v) is 12.5. The van der Waals surface area contributed by atoms with Crippen molar-refractivity contribution in [2.24, 2.45) is 5.84 Å². The van der Waals surface area contributed by atoms with E-state index in [2.05, 4.69) is 42.2 Å². The Bertz CT molecular complexity index is 725. The lowest BCUT2D eigenvalue weighted by atomic mass is 10.2. The first-order valence-corrected chi connectivity index (χ1v) is 6.60. The van der Waals surface area contributed by atoms with Gasteiger partial charge in [-0.05, 0) is 28.1 Å². The lowest BCUT2D eigenvalue weighted by Crippen LogP contribution is -2.30. The number of halogens is 1. The topological polar surface area (TPSA) is 148 Å². The molecule has 0 spiro atoms. The van der Waals surface area contributed by atoms with Crippen molar-refractivity contribution < 1.29 is 9.72 Å². The number of nitrogens with two attached hydrogens (primary N) is 1. The first-order valence-electron chi connectivity index (χ1n) is 5.81. The van der Waals surface area contributed by atoms with Crippen LogP contribution in [0.1, 0.15) is 10.4 Å². The van der Waals surface area contributed by atoms with E-state index < -0.39 is 16.5 Å². The number of aromatic nitrogens is 2. The van der Waals surface area contributed by atoms with E-state index in [1.54, 1.807) is 24.3 Å². The van der Waals surface area contributed by atoms with Crippen molar-refractivity contribution in [3.05, 3.63) is 50.7 Å². The number of hydrazine groups is 2. The molecule has 0 saturated heterocycles. The Kier molecular flexibility index (Phi) is 4.80. The van der Waals surface area contributed by atoms with E-state index >= 15 is 0 Å². The number of nitro groups is 1. The van der Waals surface area contributed by atoms with Gasteiger partial charge in [-0.2, -0.15) is 0 Å². The minimum absolute atomic E-state index is 0.183. The number of carbonyl (C=O) groups is 1. The third-order valence-corrected chi connectivity index (χ3v) is 3.25. The predicted octanol–water partition coefficient (Wildman–Crippen LogP) is 1.19. The molecule has 2 aromatic rings. The minimum Gasteiger partial charge on any atom is -0.303 e. The standard InChI is InChI=1S/C11H10BrN7O3/c12-7-4-2-1-3-6(7)11(20)18-17-10-8(19(21)22)9(16-13)14-5-15-10/h1-5H,13H2,(H,18,20)(H2,14,15,16,17). The van der Waals surface area contributed by atoms with Gasteiger partial charge in [-0.1, -0.05) is 12.1 Å². The first kappa shape index (κ1) is 15.6. The van der Waals surface area contributed by atoms with Crippen LogP contribution in [-0.4, -0.2) is 20.8 Å². The van der Waals surface area contributed by atoms with E-state index in [9.17, 15) is 14.9 Å². The highest BCUT2D eigenvalue weighted by molar-refractivity contribution is 9.10. The molecule has 10 nitrogen and oxygen atoms in total. The van der Waals surface area contributed by atoms with E-state index in [0.29, 0.717) is 10.0 Å². The van der Waals surface area contributed by atoms with Gasteiger partial charge in [0.25, 0.3) is 5.91 Å². The lowest BCUT2D eigenvalue weighted by Gasteiger charge is -2.10. The summed E-state index contributed by atoms with van der Waals surface area (Å²) in [6, 6.07) is 6.72. The summed E-state index contributed by atoms with van der Waals surface area (Å²) >= 11 is 3.23. The molecule has 0 bridgehead atoms. The number of rotatable bonds is 5. The highest BCUT2D eigenvalue weighted by Crippen LogP contribution is 2.27. The van der Waals surface area contributed by atoms with Crippen LogP contribution in [0.15, 0.2) is 35.1 Å². The summed E-state index contributed by atoms with van der Waals surface area (Å²) in [4.78, 5) is 29.7. The molecular weight excluding hydrogens is 358 g/mol. The summed E-state index contributed by atoms with van der Waals surface area (Å²) in [6.07, 6.45) is 1.06. The van der Waals surface area contributed by atoms with Gasteiger partial charge < -0.3 is 5.43 Å². The summed E-state index contributed by atoms with van der Waals surface area (Å²) in [6.45, 7) is 0. The number of nitrogen functional groups attached to an aromatic ring is 1. The van der Waals surface area contributed by atoms with Gasteiger partial charge in [0.15, 0.2) is 0 Å². The van der Waals surface area contributed by atoms with Crippen LogP contribution in [0.3, 0.4) is 0 Å². The molecule has 114 valence electrons. The molecule has 1 heterocycles. The lowest BCUT2D eigenvalue weighted by molar-refractivity contribution is -0.383. The van der Waals surface area contributed by atoms with Crippen LogP contribution >= 0.6 is 15.9 Å². The molecule has 5 N–H and O–H groups in total. The Morgan fingerprint density at radius 3 is 2.59 bits per heavy atom. The summed E-state index contributed by atoms with van der Waals surface area (Å²) in [5.74, 6) is 4.28. The molecular formula is C11H10BrN7O3. The largest absolute Gasteiger partial charge is 0.356 e. The molecule has 1 aromatic heterocycles. The molecule has 1 aromatic carbocycles. The molecule has 0 atom stereocenters. The normalized spacial score (nSPS) is 9.91. The fraction of sp³-hybridized carbons (Fsp3) is 0. The van der Waals surface area contributed by atoms with Crippen molar-refractivity contribution in [3.63, 3.8) is 0 Å². The molecule has 0 aliphatic carbocycles. The van der Waals surface area contributed by atoms with Gasteiger partial charge in [0.05, 0.1) is 10.5 Å². The highest BCUT2D eigenvalue weighted by atomic mass is 79.9. The average Bonchev–Trinajstić information content (AvgIpc) is 2.52. The van der Waals surface area contributed by atoms with Gasteiger partial charge >= 0.3 is 5.69 Å². The molecule has 0 aliphatic heterocycles. The Morgan fingerprint density at radius 2 is 1.95 bits per heavy atom. The monoisotopic (exact) mass is 367 g/mol. The number of hydrogen-bond donors (Lipinski definition) is 4. The van der Waals surface area contributed by atoms with Crippen molar-refractivity contribution in [1.82, 2.24) is 15.4 Å². The second-order valence-corrected chi connectivity index (χ2v) is 4.73. The van der Waals surface area contributed by atoms with E-state index in [1.807, 2.05) is 0 Å². The fourth-order valence-electron chi connectivity index (χ4n) is 1.58. The number of anilines is 2. The van der Waals surface area contributed by atoms with Crippen LogP contribution in [-0.2, 0) is 0 Å². The van der Waals surface area contributed by atoms with Gasteiger partial charge in [0.2, 0.25) is 11.6 Å². The third kappa shape index (κ3) is 3.27. The van der Waals surface area contributed by atoms with Crippen LogP contribution < -0.4 is 22.1 Å². The maximum absolute atomic E-state index is 12.0. The van der Waals surface area contributed by atoms with Crippen molar-refractivity contribution >= 4 is 39.2 Å². The average molecular weight is 368 g/mol. The molecule has 2 rings (SSSR count). The van der Waals surface area contributed by atoms with Crippen molar-refractivity contribution in [2.45, 2.75) is 0 Å². The SMILES string of the molecule is NNc1ncnc(NNC(=O)c2ccccc2Br)c1[N+](=O)[O-]. The number of benzene rings is 1. The smallest absolute Gasteiger partial charge is 0.303 e. The minimum atomic E-state index is -0.720. The van der Waals surface area contributed by atoms with Gasteiger partial charge in [0.1, 0.15) is 6.33 Å². The fourth-order valence-corrected chi connectivity index (χ4v) is 2.04. The van der Waals surface area contributed by atoms with Crippen LogP contribution in [0.4, 0.5) is 17.3 Å². The van der Waals surface area contributed by atoms with Crippen LogP contribution in [0.25, 0.3) is 0 Å². The highest BCUT2D eigenvalue weighted by Gasteiger charge is 2.23. The summed E-state index contributed by atoms with van der Waals surface area (Å²) in [5.41, 5.74) is 6.66. The molecule has 0 fully saturated rings. The molecule has 0 radical (unpaired) electrons. The first-order chi connectivity index (χ1) is 10.5. The summed E-state index contributed by atoms with van der Waals surface area (Å²) in [5, 5.41) is 11.0. The quantitative estimate of drug-likeness (QED) is 0.349. The van der Waals surface area contributed by atoms with Crippen molar-refractivity contribution in [3.8, 4) is 0 Å². The van der Waals surface area contributed by atoms with Crippen LogP contribution in [0.5, 0.6) is 0 Å². The number of amides is 1. The molecule has 11 heteroatoms. The Hall–Kier alpha value is -2.79. The van der Waals surface area contributed by atoms with Gasteiger partial charge in [-0.15, -0.1) is 0 Å². The van der Waals surface area contributed by atoms with E-state index in [4.69, 9.17) is 5.84 Å². The molecule has 0 aliphatic rings. The molecule has 1 amide bonds. The van der Waals surface area contributed by atoms with Crippen molar-refractivity contribution in [1.29, 1.82) is 0 Å². The van der Waals surface area contributed by atoms with E-state index in [1.165, 1.54) is 0 Å². The summed E-state index contributed by atoms with van der Waals surface area (Å²) in [7, 11) is 0.